The van der Waals surface area contributed by atoms with Gasteiger partial charge >= 0.3 is 0 Å². The van der Waals surface area contributed by atoms with E-state index in [0.717, 1.165) is 4.90 Å². The average molecular weight is 363 g/mol. The van der Waals surface area contributed by atoms with Crippen LogP contribution in [0.4, 0.5) is 5.69 Å². The zero-order valence-corrected chi connectivity index (χ0v) is 14.1. The van der Waals surface area contributed by atoms with Crippen molar-refractivity contribution in [3.63, 3.8) is 0 Å². The topological polar surface area (TPSA) is 66.5 Å². The number of halogens is 2. The lowest BCUT2D eigenvalue weighted by Gasteiger charge is -2.21. The van der Waals surface area contributed by atoms with Gasteiger partial charge in [-0.3, -0.25) is 19.3 Å². The molecule has 3 amide bonds. The molecule has 122 valence electrons. The number of para-hydroxylation sites is 1. The summed E-state index contributed by atoms with van der Waals surface area (Å²) in [6.07, 6.45) is 0. The van der Waals surface area contributed by atoms with Gasteiger partial charge in [-0.05, 0) is 31.2 Å². The molecule has 1 aliphatic rings. The van der Waals surface area contributed by atoms with Crippen molar-refractivity contribution in [1.29, 1.82) is 0 Å². The summed E-state index contributed by atoms with van der Waals surface area (Å²) in [7, 11) is 0. The van der Waals surface area contributed by atoms with Crippen LogP contribution in [0.5, 0.6) is 0 Å². The maximum absolute atomic E-state index is 12.5. The molecule has 0 aromatic heterocycles. The van der Waals surface area contributed by atoms with Crippen LogP contribution in [0.2, 0.25) is 10.0 Å². The molecule has 0 spiro atoms. The third kappa shape index (κ3) is 2.77. The first-order valence-electron chi connectivity index (χ1n) is 7.13. The largest absolute Gasteiger partial charge is 0.324 e. The molecule has 1 N–H and O–H groups in total. The Labute approximate surface area is 148 Å². The molecule has 0 saturated heterocycles. The third-order valence-electron chi connectivity index (χ3n) is 3.77. The second-order valence-corrected chi connectivity index (χ2v) is 6.14. The number of anilines is 1. The highest BCUT2D eigenvalue weighted by atomic mass is 35.5. The van der Waals surface area contributed by atoms with E-state index in [1.165, 1.54) is 19.1 Å². The van der Waals surface area contributed by atoms with Gasteiger partial charge in [0.2, 0.25) is 5.91 Å². The summed E-state index contributed by atoms with van der Waals surface area (Å²) in [5, 5.41) is 3.03. The van der Waals surface area contributed by atoms with Gasteiger partial charge in [-0.15, -0.1) is 0 Å². The van der Waals surface area contributed by atoms with E-state index < -0.39 is 23.8 Å². The van der Waals surface area contributed by atoms with Crippen LogP contribution >= 0.6 is 23.2 Å². The predicted molar refractivity (Wildman–Crippen MR) is 91.5 cm³/mol. The summed E-state index contributed by atoms with van der Waals surface area (Å²) in [5.74, 6) is -1.60. The van der Waals surface area contributed by atoms with E-state index in [4.69, 9.17) is 23.2 Å². The number of benzene rings is 2. The molecular weight excluding hydrogens is 351 g/mol. The van der Waals surface area contributed by atoms with Gasteiger partial charge in [-0.1, -0.05) is 41.4 Å². The number of amides is 3. The van der Waals surface area contributed by atoms with Gasteiger partial charge in [0, 0.05) is 5.69 Å². The maximum atomic E-state index is 12.5. The summed E-state index contributed by atoms with van der Waals surface area (Å²) in [6.45, 7) is 1.49. The molecule has 1 unspecified atom stereocenters. The van der Waals surface area contributed by atoms with Crippen LogP contribution in [0.1, 0.15) is 27.6 Å². The van der Waals surface area contributed by atoms with Crippen LogP contribution in [0.3, 0.4) is 0 Å². The van der Waals surface area contributed by atoms with Crippen LogP contribution in [0.25, 0.3) is 0 Å². The molecule has 0 aliphatic carbocycles. The monoisotopic (exact) mass is 362 g/mol. The van der Waals surface area contributed by atoms with E-state index in [1.54, 1.807) is 24.3 Å². The standard InChI is InChI=1S/C17H12Cl2N2O3/c1-9(15(22)20-10-5-3-2-4-6-10)21-16(23)11-7-13(18)14(19)8-12(11)17(21)24/h2-9H,1H3,(H,20,22). The van der Waals surface area contributed by atoms with Gasteiger partial charge in [0.05, 0.1) is 21.2 Å². The molecule has 5 nitrogen and oxygen atoms in total. The molecule has 0 fully saturated rings. The fourth-order valence-electron chi connectivity index (χ4n) is 2.49. The first kappa shape index (κ1) is 16.5. The molecule has 24 heavy (non-hydrogen) atoms. The van der Waals surface area contributed by atoms with Crippen molar-refractivity contribution in [3.8, 4) is 0 Å². The Kier molecular flexibility index (Phi) is 4.30. The van der Waals surface area contributed by atoms with Crippen LogP contribution in [-0.2, 0) is 4.79 Å². The summed E-state index contributed by atoms with van der Waals surface area (Å²) in [6, 6.07) is 10.5. The van der Waals surface area contributed by atoms with Gasteiger partial charge in [-0.2, -0.15) is 0 Å². The second-order valence-electron chi connectivity index (χ2n) is 5.32. The Bertz CT molecular complexity index is 811. The van der Waals surface area contributed by atoms with Gasteiger partial charge < -0.3 is 5.32 Å². The van der Waals surface area contributed by atoms with E-state index in [-0.39, 0.29) is 21.2 Å². The number of rotatable bonds is 3. The third-order valence-corrected chi connectivity index (χ3v) is 4.49. The minimum atomic E-state index is -0.977. The second kappa shape index (κ2) is 6.26. The summed E-state index contributed by atoms with van der Waals surface area (Å²) in [5.41, 5.74) is 0.875. The number of nitrogens with zero attached hydrogens (tertiary/aromatic N) is 1. The lowest BCUT2D eigenvalue weighted by Crippen LogP contribution is -2.45. The minimum Gasteiger partial charge on any atom is -0.324 e. The summed E-state index contributed by atoms with van der Waals surface area (Å²) < 4.78 is 0. The molecule has 1 atom stereocenters. The Morgan fingerprint density at radius 1 is 1.00 bits per heavy atom. The highest BCUT2D eigenvalue weighted by Gasteiger charge is 2.41. The SMILES string of the molecule is CC(C(=O)Nc1ccccc1)N1C(=O)c2cc(Cl)c(Cl)cc2C1=O. The van der Waals surface area contributed by atoms with Crippen LogP contribution < -0.4 is 5.32 Å². The van der Waals surface area contributed by atoms with E-state index in [1.807, 2.05) is 6.07 Å². The zero-order valence-electron chi connectivity index (χ0n) is 12.5. The quantitative estimate of drug-likeness (QED) is 0.848. The number of nitrogens with one attached hydrogen (secondary N) is 1. The molecule has 2 aromatic carbocycles. The summed E-state index contributed by atoms with van der Waals surface area (Å²) >= 11 is 11.8. The van der Waals surface area contributed by atoms with Crippen LogP contribution in [-0.4, -0.2) is 28.7 Å². The number of carbonyl (C=O) groups excluding carboxylic acids is 3. The molecule has 7 heteroatoms. The van der Waals surface area contributed by atoms with Gasteiger partial charge in [0.1, 0.15) is 6.04 Å². The Balaban J connectivity index is 1.86. The van der Waals surface area contributed by atoms with E-state index in [0.29, 0.717) is 5.69 Å². The zero-order chi connectivity index (χ0) is 17.4. The average Bonchev–Trinajstić information content (AvgIpc) is 2.79. The summed E-state index contributed by atoms with van der Waals surface area (Å²) in [4.78, 5) is 38.3. The van der Waals surface area contributed by atoms with E-state index in [9.17, 15) is 14.4 Å². The van der Waals surface area contributed by atoms with Crippen molar-refractivity contribution in [1.82, 2.24) is 4.90 Å². The number of hydrogen-bond donors (Lipinski definition) is 1. The number of carbonyl (C=O) groups is 3. The van der Waals surface area contributed by atoms with Gasteiger partial charge in [0.15, 0.2) is 0 Å². The highest BCUT2D eigenvalue weighted by molar-refractivity contribution is 6.43. The molecule has 0 bridgehead atoms. The molecule has 1 heterocycles. The Hall–Kier alpha value is -2.37. The first-order chi connectivity index (χ1) is 11.4. The Morgan fingerprint density at radius 2 is 1.50 bits per heavy atom. The first-order valence-corrected chi connectivity index (χ1v) is 7.88. The molecule has 0 radical (unpaired) electrons. The number of hydrogen-bond acceptors (Lipinski definition) is 3. The number of fused-ring (bicyclic) bond motifs is 1. The maximum Gasteiger partial charge on any atom is 0.262 e. The molecular formula is C17H12Cl2N2O3. The molecule has 2 aromatic rings. The van der Waals surface area contributed by atoms with Crippen molar-refractivity contribution in [2.24, 2.45) is 0 Å². The van der Waals surface area contributed by atoms with Crippen molar-refractivity contribution in [2.45, 2.75) is 13.0 Å². The fraction of sp³-hybridized carbons (Fsp3) is 0.118. The fourth-order valence-corrected chi connectivity index (χ4v) is 2.82. The van der Waals surface area contributed by atoms with Gasteiger partial charge in [-0.25, -0.2) is 0 Å². The van der Waals surface area contributed by atoms with Crippen molar-refractivity contribution < 1.29 is 14.4 Å². The lowest BCUT2D eigenvalue weighted by atomic mass is 10.1. The predicted octanol–water partition coefficient (Wildman–Crippen LogP) is 3.62. The van der Waals surface area contributed by atoms with E-state index >= 15 is 0 Å². The molecule has 0 saturated carbocycles. The van der Waals surface area contributed by atoms with Crippen molar-refractivity contribution in [2.75, 3.05) is 5.32 Å². The molecule has 3 rings (SSSR count). The highest BCUT2D eigenvalue weighted by Crippen LogP contribution is 2.32. The van der Waals surface area contributed by atoms with Crippen LogP contribution in [0, 0.1) is 0 Å². The van der Waals surface area contributed by atoms with E-state index in [2.05, 4.69) is 5.32 Å². The smallest absolute Gasteiger partial charge is 0.262 e. The van der Waals surface area contributed by atoms with Crippen molar-refractivity contribution >= 4 is 46.6 Å². The van der Waals surface area contributed by atoms with Crippen molar-refractivity contribution in [3.05, 3.63) is 63.6 Å². The minimum absolute atomic E-state index is 0.147. The van der Waals surface area contributed by atoms with Gasteiger partial charge in [0.25, 0.3) is 11.8 Å². The lowest BCUT2D eigenvalue weighted by molar-refractivity contribution is -0.119. The number of imide groups is 1. The van der Waals surface area contributed by atoms with Crippen LogP contribution in [0.15, 0.2) is 42.5 Å². The normalized spacial score (nSPS) is 14.5. The Morgan fingerprint density at radius 3 is 2.00 bits per heavy atom. The molecule has 1 aliphatic heterocycles.